The van der Waals surface area contributed by atoms with E-state index in [1.807, 2.05) is 6.92 Å². The summed E-state index contributed by atoms with van der Waals surface area (Å²) in [6.45, 7) is 9.84. The molecule has 2 unspecified atom stereocenters. The van der Waals surface area contributed by atoms with Gasteiger partial charge in [-0.25, -0.2) is 0 Å². The largest absolute Gasteiger partial charge is 0.275 e. The Bertz CT molecular complexity index is 93.3. The van der Waals surface area contributed by atoms with Crippen LogP contribution in [0.15, 0.2) is 12.8 Å². The third-order valence-electron chi connectivity index (χ3n) is 1.78. The van der Waals surface area contributed by atoms with Crippen molar-refractivity contribution < 1.29 is 4.84 Å². The van der Waals surface area contributed by atoms with Crippen LogP contribution in [-0.2, 0) is 4.84 Å². The summed E-state index contributed by atoms with van der Waals surface area (Å²) in [6.07, 6.45) is 2.93. The fourth-order valence-electron chi connectivity index (χ4n) is 0.604. The van der Waals surface area contributed by atoms with Crippen molar-refractivity contribution in [2.75, 3.05) is 0 Å². The normalized spacial score (nSPS) is 15.9. The maximum absolute atomic E-state index is 5.18. The summed E-state index contributed by atoms with van der Waals surface area (Å²) in [7, 11) is 0. The van der Waals surface area contributed by atoms with Gasteiger partial charge in [0, 0.05) is 6.20 Å². The molecule has 2 atom stereocenters. The molecular formula is C8H17NO. The van der Waals surface area contributed by atoms with E-state index in [4.69, 9.17) is 4.84 Å². The molecule has 0 bridgehead atoms. The van der Waals surface area contributed by atoms with Crippen molar-refractivity contribution in [1.29, 1.82) is 0 Å². The zero-order chi connectivity index (χ0) is 7.98. The number of hydrogen-bond acceptors (Lipinski definition) is 2. The van der Waals surface area contributed by atoms with Crippen LogP contribution in [0.5, 0.6) is 0 Å². The van der Waals surface area contributed by atoms with Gasteiger partial charge in [0.15, 0.2) is 0 Å². The summed E-state index contributed by atoms with van der Waals surface area (Å²) < 4.78 is 0. The van der Waals surface area contributed by atoms with Gasteiger partial charge < -0.3 is 0 Å². The highest BCUT2D eigenvalue weighted by Gasteiger charge is 2.09. The predicted molar refractivity (Wildman–Crippen MR) is 43.3 cm³/mol. The summed E-state index contributed by atoms with van der Waals surface area (Å²) in [5, 5.41) is 0. The van der Waals surface area contributed by atoms with Gasteiger partial charge in [-0.1, -0.05) is 26.8 Å². The average molecular weight is 143 g/mol. The zero-order valence-corrected chi connectivity index (χ0v) is 7.05. The Balaban J connectivity index is 3.40. The topological polar surface area (TPSA) is 21.3 Å². The van der Waals surface area contributed by atoms with E-state index in [9.17, 15) is 0 Å². The van der Waals surface area contributed by atoms with Crippen LogP contribution in [0.1, 0.15) is 27.2 Å². The highest BCUT2D eigenvalue weighted by atomic mass is 16.7. The molecule has 0 aromatic rings. The van der Waals surface area contributed by atoms with Crippen LogP contribution in [0, 0.1) is 5.92 Å². The molecule has 0 fully saturated rings. The molecule has 0 rings (SSSR count). The van der Waals surface area contributed by atoms with E-state index < -0.39 is 0 Å². The number of rotatable bonds is 5. The summed E-state index contributed by atoms with van der Waals surface area (Å²) in [5.74, 6) is 0.590. The van der Waals surface area contributed by atoms with Gasteiger partial charge in [-0.3, -0.25) is 10.3 Å². The summed E-state index contributed by atoms with van der Waals surface area (Å²) in [6, 6.07) is 0. The third kappa shape index (κ3) is 3.51. The lowest BCUT2D eigenvalue weighted by Gasteiger charge is -2.17. The van der Waals surface area contributed by atoms with Gasteiger partial charge in [-0.05, 0) is 12.8 Å². The molecule has 0 aliphatic rings. The van der Waals surface area contributed by atoms with Crippen LogP contribution in [0.2, 0.25) is 0 Å². The molecule has 0 heterocycles. The Hall–Kier alpha value is -0.500. The van der Waals surface area contributed by atoms with Crippen molar-refractivity contribution in [1.82, 2.24) is 5.48 Å². The van der Waals surface area contributed by atoms with Crippen molar-refractivity contribution in [2.24, 2.45) is 5.92 Å². The van der Waals surface area contributed by atoms with E-state index >= 15 is 0 Å². The highest BCUT2D eigenvalue weighted by Crippen LogP contribution is 2.08. The predicted octanol–water partition coefficient (Wildman–Crippen LogP) is 2.09. The molecule has 60 valence electrons. The van der Waals surface area contributed by atoms with Crippen molar-refractivity contribution in [3.8, 4) is 0 Å². The molecule has 0 aromatic carbocycles. The van der Waals surface area contributed by atoms with E-state index in [0.717, 1.165) is 6.42 Å². The van der Waals surface area contributed by atoms with Gasteiger partial charge >= 0.3 is 0 Å². The van der Waals surface area contributed by atoms with Gasteiger partial charge in [0.2, 0.25) is 0 Å². The van der Waals surface area contributed by atoms with E-state index in [-0.39, 0.29) is 6.10 Å². The van der Waals surface area contributed by atoms with Crippen LogP contribution >= 0.6 is 0 Å². The van der Waals surface area contributed by atoms with E-state index in [2.05, 4.69) is 25.9 Å². The average Bonchev–Trinajstić information content (AvgIpc) is 1.98. The molecule has 1 N–H and O–H groups in total. The second kappa shape index (κ2) is 5.30. The monoisotopic (exact) mass is 143 g/mol. The Kier molecular flexibility index (Phi) is 5.03. The number of nitrogens with one attached hydrogen (secondary N) is 1. The summed E-state index contributed by atoms with van der Waals surface area (Å²) in [5.41, 5.74) is 2.63. The fourth-order valence-corrected chi connectivity index (χ4v) is 0.604. The SMILES string of the molecule is C=CNOC(C)C(C)CC. The van der Waals surface area contributed by atoms with Gasteiger partial charge in [-0.2, -0.15) is 0 Å². The molecule has 0 saturated carbocycles. The first-order valence-electron chi connectivity index (χ1n) is 3.74. The van der Waals surface area contributed by atoms with Crippen LogP contribution in [-0.4, -0.2) is 6.10 Å². The molecule has 0 saturated heterocycles. The second-order valence-corrected chi connectivity index (χ2v) is 2.53. The first kappa shape index (κ1) is 9.50. The van der Waals surface area contributed by atoms with Crippen LogP contribution in [0.4, 0.5) is 0 Å². The fraction of sp³-hybridized carbons (Fsp3) is 0.750. The van der Waals surface area contributed by atoms with Crippen LogP contribution in [0.3, 0.4) is 0 Å². The Morgan fingerprint density at radius 1 is 1.60 bits per heavy atom. The van der Waals surface area contributed by atoms with E-state index in [1.54, 1.807) is 6.20 Å². The van der Waals surface area contributed by atoms with Crippen molar-refractivity contribution in [3.63, 3.8) is 0 Å². The van der Waals surface area contributed by atoms with E-state index in [1.165, 1.54) is 0 Å². The molecule has 0 radical (unpaired) electrons. The Morgan fingerprint density at radius 2 is 2.20 bits per heavy atom. The highest BCUT2D eigenvalue weighted by molar-refractivity contribution is 4.60. The maximum atomic E-state index is 5.18. The first-order chi connectivity index (χ1) is 4.72. The van der Waals surface area contributed by atoms with Gasteiger partial charge in [0.1, 0.15) is 0 Å². The van der Waals surface area contributed by atoms with Gasteiger partial charge in [-0.15, -0.1) is 0 Å². The third-order valence-corrected chi connectivity index (χ3v) is 1.78. The smallest absolute Gasteiger partial charge is 0.0850 e. The van der Waals surface area contributed by atoms with Crippen LogP contribution in [0.25, 0.3) is 0 Å². The molecule has 0 aliphatic heterocycles. The molecule has 0 amide bonds. The molecule has 0 spiro atoms. The minimum atomic E-state index is 0.253. The first-order valence-corrected chi connectivity index (χ1v) is 3.74. The summed E-state index contributed by atoms with van der Waals surface area (Å²) in [4.78, 5) is 5.18. The lowest BCUT2D eigenvalue weighted by molar-refractivity contribution is -0.0201. The number of hydrogen-bond donors (Lipinski definition) is 1. The quantitative estimate of drug-likeness (QED) is 0.595. The molecule has 0 aromatic heterocycles. The summed E-state index contributed by atoms with van der Waals surface area (Å²) >= 11 is 0. The van der Waals surface area contributed by atoms with Gasteiger partial charge in [0.25, 0.3) is 0 Å². The molecule has 2 heteroatoms. The lowest BCUT2D eigenvalue weighted by atomic mass is 10.0. The molecule has 2 nitrogen and oxygen atoms in total. The lowest BCUT2D eigenvalue weighted by Crippen LogP contribution is -2.23. The zero-order valence-electron chi connectivity index (χ0n) is 7.05. The molecule has 0 aliphatic carbocycles. The van der Waals surface area contributed by atoms with Crippen LogP contribution < -0.4 is 5.48 Å². The standard InChI is InChI=1S/C8H17NO/c1-5-7(3)8(4)10-9-6-2/h6-9H,2,5H2,1,3-4H3. The second-order valence-electron chi connectivity index (χ2n) is 2.53. The molecule has 10 heavy (non-hydrogen) atoms. The van der Waals surface area contributed by atoms with E-state index in [0.29, 0.717) is 5.92 Å². The van der Waals surface area contributed by atoms with Crippen molar-refractivity contribution in [3.05, 3.63) is 12.8 Å². The maximum Gasteiger partial charge on any atom is 0.0850 e. The Labute approximate surface area is 63.2 Å². The van der Waals surface area contributed by atoms with Gasteiger partial charge in [0.05, 0.1) is 6.10 Å². The Morgan fingerprint density at radius 3 is 2.60 bits per heavy atom. The van der Waals surface area contributed by atoms with Crippen molar-refractivity contribution in [2.45, 2.75) is 33.3 Å². The minimum Gasteiger partial charge on any atom is -0.275 e. The molecular weight excluding hydrogens is 126 g/mol. The minimum absolute atomic E-state index is 0.253. The van der Waals surface area contributed by atoms with Crippen molar-refractivity contribution >= 4 is 0 Å². The number of hydroxylamine groups is 1.